The Kier molecular flexibility index (Phi) is 4.32. The van der Waals surface area contributed by atoms with Crippen LogP contribution in [-0.4, -0.2) is 17.6 Å². The summed E-state index contributed by atoms with van der Waals surface area (Å²) < 4.78 is 6.27. The fraction of sp³-hybridized carbons (Fsp3) is 0.231. The minimum Gasteiger partial charge on any atom is -0.492 e. The fourth-order valence-corrected chi connectivity index (χ4v) is 3.52. The number of aromatic nitrogens is 1. The number of ether oxygens (including phenoxy) is 1. The number of benzene rings is 1. The van der Waals surface area contributed by atoms with E-state index in [0.29, 0.717) is 33.5 Å². The van der Waals surface area contributed by atoms with Crippen LogP contribution in [0.5, 0.6) is 5.75 Å². The van der Waals surface area contributed by atoms with E-state index < -0.39 is 0 Å². The van der Waals surface area contributed by atoms with Crippen molar-refractivity contribution >= 4 is 50.0 Å². The SMILES string of the molecule is O=C(Nc1nc(Br)cs1)N[C@H]1CCOc2c(Cl)cccc21. The molecule has 0 spiro atoms. The molecule has 3 rings (SSSR count). The first-order valence-corrected chi connectivity index (χ1v) is 8.28. The Morgan fingerprint density at radius 3 is 3.14 bits per heavy atom. The molecule has 1 aromatic heterocycles. The van der Waals surface area contributed by atoms with E-state index in [4.69, 9.17) is 16.3 Å². The molecule has 2 amide bonds. The van der Waals surface area contributed by atoms with Crippen LogP contribution in [0.4, 0.5) is 9.93 Å². The van der Waals surface area contributed by atoms with E-state index in [1.165, 1.54) is 11.3 Å². The van der Waals surface area contributed by atoms with Gasteiger partial charge >= 0.3 is 6.03 Å². The van der Waals surface area contributed by atoms with Crippen LogP contribution in [0.1, 0.15) is 18.0 Å². The molecule has 2 N–H and O–H groups in total. The molecule has 1 aromatic carbocycles. The van der Waals surface area contributed by atoms with Crippen LogP contribution in [-0.2, 0) is 0 Å². The number of nitrogens with zero attached hydrogens (tertiary/aromatic N) is 1. The minimum atomic E-state index is -0.297. The maximum atomic E-state index is 12.0. The zero-order valence-corrected chi connectivity index (χ0v) is 13.9. The number of carbonyl (C=O) groups is 1. The second-order valence-electron chi connectivity index (χ2n) is 4.42. The molecule has 0 aliphatic carbocycles. The van der Waals surface area contributed by atoms with Gasteiger partial charge in [-0.1, -0.05) is 23.7 Å². The molecule has 1 atom stereocenters. The standard InChI is InChI=1S/C13H11BrClN3O2S/c14-10-6-21-13(17-10)18-12(19)16-9-4-5-20-11-7(9)2-1-3-8(11)15/h1-3,6,9H,4-5H2,(H2,16,17,18,19)/t9-/m0/s1. The highest BCUT2D eigenvalue weighted by Crippen LogP contribution is 2.37. The topological polar surface area (TPSA) is 63.2 Å². The van der Waals surface area contributed by atoms with Gasteiger partial charge in [0.25, 0.3) is 0 Å². The van der Waals surface area contributed by atoms with Gasteiger partial charge in [0, 0.05) is 17.4 Å². The highest BCUT2D eigenvalue weighted by Gasteiger charge is 2.24. The second-order valence-corrected chi connectivity index (χ2v) is 6.50. The Morgan fingerprint density at radius 2 is 2.38 bits per heavy atom. The molecule has 0 saturated heterocycles. The van der Waals surface area contributed by atoms with Crippen molar-refractivity contribution in [2.24, 2.45) is 0 Å². The molecule has 0 radical (unpaired) electrons. The van der Waals surface area contributed by atoms with Crippen molar-refractivity contribution < 1.29 is 9.53 Å². The summed E-state index contributed by atoms with van der Waals surface area (Å²) >= 11 is 10.7. The lowest BCUT2D eigenvalue weighted by molar-refractivity contribution is 0.232. The summed E-state index contributed by atoms with van der Waals surface area (Å²) in [6, 6.07) is 5.10. The zero-order chi connectivity index (χ0) is 14.8. The maximum Gasteiger partial charge on any atom is 0.321 e. The van der Waals surface area contributed by atoms with E-state index in [1.54, 1.807) is 11.4 Å². The number of anilines is 1. The summed E-state index contributed by atoms with van der Waals surface area (Å²) in [5.74, 6) is 0.646. The Hall–Kier alpha value is -1.31. The molecular weight excluding hydrogens is 378 g/mol. The molecule has 21 heavy (non-hydrogen) atoms. The maximum absolute atomic E-state index is 12.0. The van der Waals surface area contributed by atoms with Crippen LogP contribution >= 0.6 is 38.9 Å². The van der Waals surface area contributed by atoms with Crippen LogP contribution in [0.15, 0.2) is 28.2 Å². The number of halogens is 2. The second kappa shape index (κ2) is 6.21. The smallest absolute Gasteiger partial charge is 0.321 e. The zero-order valence-electron chi connectivity index (χ0n) is 10.7. The summed E-state index contributed by atoms with van der Waals surface area (Å²) in [6.45, 7) is 0.518. The van der Waals surface area contributed by atoms with Crippen molar-refractivity contribution in [3.8, 4) is 5.75 Å². The van der Waals surface area contributed by atoms with Crippen molar-refractivity contribution in [3.63, 3.8) is 0 Å². The van der Waals surface area contributed by atoms with Crippen LogP contribution in [0, 0.1) is 0 Å². The number of para-hydroxylation sites is 1. The van der Waals surface area contributed by atoms with E-state index in [0.717, 1.165) is 5.56 Å². The van der Waals surface area contributed by atoms with Gasteiger partial charge < -0.3 is 10.1 Å². The first-order valence-electron chi connectivity index (χ1n) is 6.23. The molecule has 2 heterocycles. The highest BCUT2D eigenvalue weighted by molar-refractivity contribution is 9.10. The molecule has 1 aliphatic heterocycles. The van der Waals surface area contributed by atoms with Gasteiger partial charge in [-0.25, -0.2) is 9.78 Å². The van der Waals surface area contributed by atoms with Gasteiger partial charge in [-0.2, -0.15) is 0 Å². The van der Waals surface area contributed by atoms with Crippen molar-refractivity contribution in [3.05, 3.63) is 38.8 Å². The summed E-state index contributed by atoms with van der Waals surface area (Å²) in [4.78, 5) is 16.2. The van der Waals surface area contributed by atoms with Gasteiger partial charge in [0.1, 0.15) is 10.4 Å². The van der Waals surface area contributed by atoms with E-state index in [1.807, 2.05) is 12.1 Å². The van der Waals surface area contributed by atoms with Crippen LogP contribution in [0.25, 0.3) is 0 Å². The minimum absolute atomic E-state index is 0.129. The molecule has 8 heteroatoms. The van der Waals surface area contributed by atoms with Crippen molar-refractivity contribution in [2.45, 2.75) is 12.5 Å². The number of hydrogen-bond donors (Lipinski definition) is 2. The normalized spacial score (nSPS) is 16.8. The summed E-state index contributed by atoms with van der Waals surface area (Å²) in [7, 11) is 0. The summed E-state index contributed by atoms with van der Waals surface area (Å²) in [5.41, 5.74) is 0.893. The Labute approximate surface area is 138 Å². The Bertz CT molecular complexity index is 679. The van der Waals surface area contributed by atoms with E-state index >= 15 is 0 Å². The number of thiazole rings is 1. The number of hydrogen-bond acceptors (Lipinski definition) is 4. The van der Waals surface area contributed by atoms with E-state index in [2.05, 4.69) is 31.5 Å². The molecule has 1 aliphatic rings. The van der Waals surface area contributed by atoms with Gasteiger partial charge in [0.05, 0.1) is 17.7 Å². The predicted octanol–water partition coefficient (Wildman–Crippen LogP) is 4.20. The predicted molar refractivity (Wildman–Crippen MR) is 86.3 cm³/mol. The van der Waals surface area contributed by atoms with E-state index in [-0.39, 0.29) is 12.1 Å². The fourth-order valence-electron chi connectivity index (χ4n) is 2.14. The average Bonchev–Trinajstić information content (AvgIpc) is 2.85. The Morgan fingerprint density at radius 1 is 1.52 bits per heavy atom. The summed E-state index contributed by atoms with van der Waals surface area (Å²) in [5, 5.41) is 8.53. The molecular formula is C13H11BrClN3O2S. The molecule has 0 fully saturated rings. The van der Waals surface area contributed by atoms with Crippen LogP contribution in [0.2, 0.25) is 5.02 Å². The monoisotopic (exact) mass is 387 g/mol. The molecule has 2 aromatic rings. The number of fused-ring (bicyclic) bond motifs is 1. The molecule has 5 nitrogen and oxygen atoms in total. The van der Waals surface area contributed by atoms with Crippen molar-refractivity contribution in [1.82, 2.24) is 10.3 Å². The van der Waals surface area contributed by atoms with Crippen molar-refractivity contribution in [2.75, 3.05) is 11.9 Å². The average molecular weight is 389 g/mol. The lowest BCUT2D eigenvalue weighted by atomic mass is 10.0. The first-order chi connectivity index (χ1) is 10.1. The largest absolute Gasteiger partial charge is 0.492 e. The van der Waals surface area contributed by atoms with Gasteiger partial charge in [-0.05, 0) is 22.0 Å². The number of urea groups is 1. The number of amides is 2. The van der Waals surface area contributed by atoms with Crippen LogP contribution < -0.4 is 15.4 Å². The van der Waals surface area contributed by atoms with Crippen molar-refractivity contribution in [1.29, 1.82) is 0 Å². The van der Waals surface area contributed by atoms with Gasteiger partial charge in [0.2, 0.25) is 0 Å². The number of nitrogens with one attached hydrogen (secondary N) is 2. The molecule has 0 saturated carbocycles. The molecule has 0 bridgehead atoms. The first kappa shape index (κ1) is 14.6. The molecule has 0 unspecified atom stereocenters. The Balaban J connectivity index is 1.71. The number of rotatable bonds is 2. The molecule has 110 valence electrons. The number of carbonyl (C=O) groups excluding carboxylic acids is 1. The van der Waals surface area contributed by atoms with E-state index in [9.17, 15) is 4.79 Å². The van der Waals surface area contributed by atoms with Gasteiger partial charge in [0.15, 0.2) is 5.13 Å². The third kappa shape index (κ3) is 3.30. The van der Waals surface area contributed by atoms with Gasteiger partial charge in [-0.15, -0.1) is 11.3 Å². The summed E-state index contributed by atoms with van der Waals surface area (Å²) in [6.07, 6.45) is 0.697. The lowest BCUT2D eigenvalue weighted by Crippen LogP contribution is -2.35. The van der Waals surface area contributed by atoms with Gasteiger partial charge in [-0.3, -0.25) is 5.32 Å². The quantitative estimate of drug-likeness (QED) is 0.810. The highest BCUT2D eigenvalue weighted by atomic mass is 79.9. The third-order valence-corrected chi connectivity index (χ3v) is 4.79. The lowest BCUT2D eigenvalue weighted by Gasteiger charge is -2.27. The third-order valence-electron chi connectivity index (χ3n) is 3.03. The van der Waals surface area contributed by atoms with Crippen LogP contribution in [0.3, 0.4) is 0 Å².